The molecule has 0 spiro atoms. The molecule has 1 aromatic carbocycles. The van der Waals surface area contributed by atoms with Gasteiger partial charge in [0.1, 0.15) is 22.8 Å². The Bertz CT molecular complexity index is 818. The summed E-state index contributed by atoms with van der Waals surface area (Å²) in [5, 5.41) is 16.2. The second kappa shape index (κ2) is 4.59. The number of nitriles is 1. The summed E-state index contributed by atoms with van der Waals surface area (Å²) in [4.78, 5) is -0.273. The summed E-state index contributed by atoms with van der Waals surface area (Å²) in [6, 6.07) is 9.31. The van der Waals surface area contributed by atoms with Gasteiger partial charge in [-0.15, -0.1) is 0 Å². The van der Waals surface area contributed by atoms with Gasteiger partial charge < -0.3 is 10.2 Å². The fourth-order valence-corrected chi connectivity index (χ4v) is 2.86. The minimum atomic E-state index is -3.87. The number of rotatable bonds is 2. The lowest BCUT2D eigenvalue weighted by atomic mass is 10.3. The Morgan fingerprint density at radius 2 is 1.89 bits per heavy atom. The van der Waals surface area contributed by atoms with E-state index in [9.17, 15) is 8.42 Å². The first-order chi connectivity index (χ1) is 8.98. The zero-order chi connectivity index (χ0) is 14.0. The summed E-state index contributed by atoms with van der Waals surface area (Å²) in [5.74, 6) is 0. The number of benzene rings is 1. The van der Waals surface area contributed by atoms with E-state index in [0.29, 0.717) is 0 Å². The van der Waals surface area contributed by atoms with E-state index in [4.69, 9.17) is 20.8 Å². The van der Waals surface area contributed by atoms with Gasteiger partial charge in [-0.25, -0.2) is 8.42 Å². The summed E-state index contributed by atoms with van der Waals surface area (Å²) in [6.07, 6.45) is 0.876. The zero-order valence-electron chi connectivity index (χ0n) is 9.62. The van der Waals surface area contributed by atoms with Gasteiger partial charge in [0.2, 0.25) is 15.4 Å². The highest BCUT2D eigenvalue weighted by Gasteiger charge is 2.23. The van der Waals surface area contributed by atoms with E-state index in [0.717, 1.165) is 6.26 Å². The van der Waals surface area contributed by atoms with Gasteiger partial charge in [0.25, 0.3) is 0 Å². The van der Waals surface area contributed by atoms with Crippen LogP contribution in [0.1, 0.15) is 5.56 Å². The van der Waals surface area contributed by atoms with Gasteiger partial charge >= 0.3 is 0 Å². The molecule has 0 bridgehead atoms. The number of anilines is 1. The fraction of sp³-hybridized carbons (Fsp3) is 0. The molecule has 1 aromatic heterocycles. The number of hydrogen-bond donors (Lipinski definition) is 2. The molecule has 0 aliphatic carbocycles. The van der Waals surface area contributed by atoms with Crippen LogP contribution in [0.15, 0.2) is 50.8 Å². The van der Waals surface area contributed by atoms with Crippen molar-refractivity contribution in [2.45, 2.75) is 9.79 Å². The third kappa shape index (κ3) is 2.09. The van der Waals surface area contributed by atoms with Crippen molar-refractivity contribution >= 4 is 15.5 Å². The van der Waals surface area contributed by atoms with Crippen molar-refractivity contribution in [1.82, 2.24) is 0 Å². The number of nitrogens with zero attached hydrogens (tertiary/aromatic N) is 1. The lowest BCUT2D eigenvalue weighted by molar-refractivity contribution is 0.471. The molecule has 3 N–H and O–H groups in total. The van der Waals surface area contributed by atoms with Crippen molar-refractivity contribution in [2.75, 3.05) is 5.73 Å². The molecular weight excluding hydrogens is 266 g/mol. The van der Waals surface area contributed by atoms with Gasteiger partial charge in [-0.05, 0) is 12.1 Å². The standard InChI is InChI=1S/C12H9N3O3S/c13-6-9-11(14)10(7-18-12(9)15)19(16,17)8-4-2-1-3-5-8/h1-5,7,15H,14H2. The van der Waals surface area contributed by atoms with E-state index in [1.807, 2.05) is 0 Å². The summed E-state index contributed by atoms with van der Waals surface area (Å²) < 4.78 is 29.4. The molecule has 0 radical (unpaired) electrons. The van der Waals surface area contributed by atoms with Crippen molar-refractivity contribution in [3.63, 3.8) is 0 Å². The molecule has 7 heteroatoms. The highest BCUT2D eigenvalue weighted by atomic mass is 32.2. The molecule has 2 rings (SSSR count). The number of nitrogens with one attached hydrogen (secondary N) is 1. The second-order valence-corrected chi connectivity index (χ2v) is 5.56. The monoisotopic (exact) mass is 275 g/mol. The molecule has 0 atom stereocenters. The summed E-state index contributed by atoms with van der Waals surface area (Å²) in [5.41, 5.74) is 4.60. The van der Waals surface area contributed by atoms with Crippen LogP contribution in [-0.4, -0.2) is 8.42 Å². The molecule has 0 saturated carbocycles. The van der Waals surface area contributed by atoms with Crippen LogP contribution in [0.3, 0.4) is 0 Å². The zero-order valence-corrected chi connectivity index (χ0v) is 10.4. The van der Waals surface area contributed by atoms with Crippen molar-refractivity contribution < 1.29 is 12.8 Å². The molecule has 0 fully saturated rings. The van der Waals surface area contributed by atoms with E-state index >= 15 is 0 Å². The Balaban J connectivity index is 2.75. The molecule has 0 amide bonds. The second-order valence-electron chi connectivity index (χ2n) is 3.65. The van der Waals surface area contributed by atoms with Crippen LogP contribution in [0, 0.1) is 16.7 Å². The molecular formula is C12H9N3O3S. The maximum absolute atomic E-state index is 12.3. The first kappa shape index (κ1) is 12.9. The molecule has 19 heavy (non-hydrogen) atoms. The number of hydrogen-bond acceptors (Lipinski definition) is 6. The quantitative estimate of drug-likeness (QED) is 0.848. The van der Waals surface area contributed by atoms with Crippen LogP contribution in [-0.2, 0) is 9.84 Å². The molecule has 0 saturated heterocycles. The topological polar surface area (TPSA) is 121 Å². The molecule has 1 heterocycles. The Labute approximate surface area is 109 Å². The first-order valence-electron chi connectivity index (χ1n) is 5.14. The van der Waals surface area contributed by atoms with Crippen molar-refractivity contribution in [3.8, 4) is 6.07 Å². The molecule has 2 aromatic rings. The minimum Gasteiger partial charge on any atom is -0.444 e. The predicted molar refractivity (Wildman–Crippen MR) is 65.6 cm³/mol. The van der Waals surface area contributed by atoms with Crippen molar-refractivity contribution in [1.29, 1.82) is 10.7 Å². The first-order valence-corrected chi connectivity index (χ1v) is 6.63. The molecule has 0 unspecified atom stereocenters. The Morgan fingerprint density at radius 1 is 1.26 bits per heavy atom. The number of sulfone groups is 1. The maximum Gasteiger partial charge on any atom is 0.231 e. The van der Waals surface area contributed by atoms with Gasteiger partial charge in [0, 0.05) is 0 Å². The lowest BCUT2D eigenvalue weighted by Crippen LogP contribution is -2.13. The summed E-state index contributed by atoms with van der Waals surface area (Å²) in [6.45, 7) is 0. The Morgan fingerprint density at radius 3 is 2.47 bits per heavy atom. The normalized spacial score (nSPS) is 10.9. The van der Waals surface area contributed by atoms with E-state index in [2.05, 4.69) is 0 Å². The lowest BCUT2D eigenvalue weighted by Gasteiger charge is -2.07. The fourth-order valence-electron chi connectivity index (χ4n) is 1.53. The van der Waals surface area contributed by atoms with Crippen LogP contribution < -0.4 is 11.3 Å². The van der Waals surface area contributed by atoms with Gasteiger partial charge in [-0.2, -0.15) is 5.26 Å². The van der Waals surface area contributed by atoms with E-state index in [-0.39, 0.29) is 21.0 Å². The van der Waals surface area contributed by atoms with Crippen LogP contribution in [0.5, 0.6) is 0 Å². The average Bonchev–Trinajstić information content (AvgIpc) is 2.40. The largest absolute Gasteiger partial charge is 0.444 e. The van der Waals surface area contributed by atoms with Gasteiger partial charge in [-0.1, -0.05) is 18.2 Å². The third-order valence-electron chi connectivity index (χ3n) is 2.50. The summed E-state index contributed by atoms with van der Waals surface area (Å²) >= 11 is 0. The van der Waals surface area contributed by atoms with Crippen molar-refractivity contribution in [2.24, 2.45) is 0 Å². The van der Waals surface area contributed by atoms with E-state index in [1.165, 1.54) is 12.1 Å². The minimum absolute atomic E-state index is 0.0403. The predicted octanol–water partition coefficient (Wildman–Crippen LogP) is 1.05. The smallest absolute Gasteiger partial charge is 0.231 e. The van der Waals surface area contributed by atoms with Gasteiger partial charge in [0.15, 0.2) is 0 Å². The highest BCUT2D eigenvalue weighted by Crippen LogP contribution is 2.26. The van der Waals surface area contributed by atoms with Crippen molar-refractivity contribution in [3.05, 3.63) is 47.7 Å². The van der Waals surface area contributed by atoms with Crippen LogP contribution >= 0.6 is 0 Å². The Hall–Kier alpha value is -2.59. The molecule has 96 valence electrons. The Kier molecular flexibility index (Phi) is 3.10. The van der Waals surface area contributed by atoms with E-state index < -0.39 is 15.4 Å². The van der Waals surface area contributed by atoms with Crippen LogP contribution in [0.25, 0.3) is 0 Å². The molecule has 0 aliphatic rings. The third-order valence-corrected chi connectivity index (χ3v) is 4.29. The van der Waals surface area contributed by atoms with E-state index in [1.54, 1.807) is 24.3 Å². The van der Waals surface area contributed by atoms with Crippen LogP contribution in [0.4, 0.5) is 5.69 Å². The molecule has 6 nitrogen and oxygen atoms in total. The summed E-state index contributed by atoms with van der Waals surface area (Å²) in [7, 11) is -3.87. The number of nitrogens with two attached hydrogens (primary N) is 1. The maximum atomic E-state index is 12.3. The molecule has 0 aliphatic heterocycles. The van der Waals surface area contributed by atoms with Crippen LogP contribution in [0.2, 0.25) is 0 Å². The van der Waals surface area contributed by atoms with Gasteiger partial charge in [-0.3, -0.25) is 5.41 Å². The highest BCUT2D eigenvalue weighted by molar-refractivity contribution is 7.91. The van der Waals surface area contributed by atoms with Gasteiger partial charge in [0.05, 0.1) is 10.6 Å². The average molecular weight is 275 g/mol. The SMILES string of the molecule is N#Cc1c(N)c(S(=O)(=O)c2ccccc2)coc1=N. The number of nitrogen functional groups attached to an aromatic ring is 1.